The van der Waals surface area contributed by atoms with Crippen LogP contribution in [0.25, 0.3) is 10.9 Å². The molecule has 1 aromatic carbocycles. The van der Waals surface area contributed by atoms with Crippen molar-refractivity contribution in [2.24, 2.45) is 0 Å². The molecule has 4 rings (SSSR count). The summed E-state index contributed by atoms with van der Waals surface area (Å²) in [5.41, 5.74) is 1.75. The van der Waals surface area contributed by atoms with Crippen molar-refractivity contribution in [1.82, 2.24) is 9.88 Å². The lowest BCUT2D eigenvalue weighted by atomic mass is 10.0. The van der Waals surface area contributed by atoms with Crippen molar-refractivity contribution in [2.75, 3.05) is 6.54 Å². The average Bonchev–Trinajstić information content (AvgIpc) is 3.30. The van der Waals surface area contributed by atoms with E-state index < -0.39 is 6.10 Å². The Morgan fingerprint density at radius 2 is 2.20 bits per heavy atom. The summed E-state index contributed by atoms with van der Waals surface area (Å²) in [5.74, 6) is 0.374. The standard InChI is InChI=1S/C20H21FN2O2/c21-17-8-7-14(20-16(17)5-1-9-22-20)13-23-10-2-4-15(23)12-18(24)19-6-3-11-25-19/h1,3,5-9,11,15,18,24H,2,4,10,12-13H2. The summed E-state index contributed by atoms with van der Waals surface area (Å²) >= 11 is 0. The molecule has 0 amide bonds. The second-order valence-corrected chi connectivity index (χ2v) is 6.64. The van der Waals surface area contributed by atoms with Gasteiger partial charge in [0.2, 0.25) is 0 Å². The summed E-state index contributed by atoms with van der Waals surface area (Å²) in [5, 5.41) is 10.9. The van der Waals surface area contributed by atoms with E-state index in [4.69, 9.17) is 4.42 Å². The molecule has 2 atom stereocenters. The predicted octanol–water partition coefficient (Wildman–Crippen LogP) is 4.06. The highest BCUT2D eigenvalue weighted by Crippen LogP contribution is 2.30. The van der Waals surface area contributed by atoms with Crippen molar-refractivity contribution in [1.29, 1.82) is 0 Å². The number of nitrogens with zero attached hydrogens (tertiary/aromatic N) is 2. The van der Waals surface area contributed by atoms with Gasteiger partial charge in [-0.25, -0.2) is 4.39 Å². The summed E-state index contributed by atoms with van der Waals surface area (Å²) in [6.45, 7) is 1.69. The predicted molar refractivity (Wildman–Crippen MR) is 93.4 cm³/mol. The highest BCUT2D eigenvalue weighted by Gasteiger charge is 2.28. The number of pyridine rings is 1. The Morgan fingerprint density at radius 1 is 1.28 bits per heavy atom. The van der Waals surface area contributed by atoms with Crippen molar-refractivity contribution in [3.05, 3.63) is 66.0 Å². The van der Waals surface area contributed by atoms with Gasteiger partial charge in [-0.05, 0) is 61.7 Å². The van der Waals surface area contributed by atoms with Crippen LogP contribution in [0.15, 0.2) is 53.3 Å². The topological polar surface area (TPSA) is 49.5 Å². The average molecular weight is 340 g/mol. The van der Waals surface area contributed by atoms with Crippen LogP contribution in [-0.2, 0) is 6.54 Å². The van der Waals surface area contributed by atoms with Crippen molar-refractivity contribution < 1.29 is 13.9 Å². The van der Waals surface area contributed by atoms with E-state index in [0.717, 1.165) is 30.5 Å². The molecule has 130 valence electrons. The highest BCUT2D eigenvalue weighted by atomic mass is 19.1. The SMILES string of the molecule is OC(CC1CCCN1Cc1ccc(F)c2cccnc12)c1ccco1. The molecule has 1 aliphatic rings. The molecular weight excluding hydrogens is 319 g/mol. The number of rotatable bonds is 5. The summed E-state index contributed by atoms with van der Waals surface area (Å²) in [6.07, 6.45) is 5.48. The van der Waals surface area contributed by atoms with Crippen molar-refractivity contribution >= 4 is 10.9 Å². The number of furan rings is 1. The Bertz CT molecular complexity index is 850. The largest absolute Gasteiger partial charge is 0.467 e. The van der Waals surface area contributed by atoms with Gasteiger partial charge < -0.3 is 9.52 Å². The fourth-order valence-corrected chi connectivity index (χ4v) is 3.77. The van der Waals surface area contributed by atoms with Gasteiger partial charge in [0.1, 0.15) is 17.7 Å². The van der Waals surface area contributed by atoms with E-state index >= 15 is 0 Å². The fourth-order valence-electron chi connectivity index (χ4n) is 3.77. The molecule has 5 heteroatoms. The molecular formula is C20H21FN2O2. The molecule has 3 heterocycles. The quantitative estimate of drug-likeness (QED) is 0.761. The minimum atomic E-state index is -0.594. The third-order valence-electron chi connectivity index (χ3n) is 5.04. The molecule has 3 aromatic rings. The molecule has 4 nitrogen and oxygen atoms in total. The molecule has 0 saturated carbocycles. The Balaban J connectivity index is 1.53. The molecule has 2 unspecified atom stereocenters. The smallest absolute Gasteiger partial charge is 0.132 e. The first-order chi connectivity index (χ1) is 12.2. The van der Waals surface area contributed by atoms with Gasteiger partial charge in [-0.1, -0.05) is 6.07 Å². The molecule has 1 saturated heterocycles. The number of benzene rings is 1. The molecule has 0 spiro atoms. The van der Waals surface area contributed by atoms with Gasteiger partial charge >= 0.3 is 0 Å². The van der Waals surface area contributed by atoms with Gasteiger partial charge in [-0.15, -0.1) is 0 Å². The van der Waals surface area contributed by atoms with Crippen molar-refractivity contribution in [2.45, 2.75) is 38.0 Å². The van der Waals surface area contributed by atoms with Crippen LogP contribution < -0.4 is 0 Å². The first-order valence-electron chi connectivity index (χ1n) is 8.70. The number of aliphatic hydroxyl groups is 1. The van der Waals surface area contributed by atoms with Gasteiger partial charge in [0.05, 0.1) is 11.8 Å². The molecule has 0 bridgehead atoms. The van der Waals surface area contributed by atoms with Gasteiger partial charge in [0.15, 0.2) is 0 Å². The molecule has 0 radical (unpaired) electrons. The zero-order valence-electron chi connectivity index (χ0n) is 13.9. The lowest BCUT2D eigenvalue weighted by Crippen LogP contribution is -2.30. The van der Waals surface area contributed by atoms with Crippen LogP contribution in [0.3, 0.4) is 0 Å². The zero-order chi connectivity index (χ0) is 17.2. The molecule has 1 N–H and O–H groups in total. The van der Waals surface area contributed by atoms with E-state index in [2.05, 4.69) is 9.88 Å². The normalized spacial score (nSPS) is 19.5. The number of aromatic nitrogens is 1. The van der Waals surface area contributed by atoms with Gasteiger partial charge in [0, 0.05) is 24.2 Å². The third-order valence-corrected chi connectivity index (χ3v) is 5.04. The third kappa shape index (κ3) is 3.30. The van der Waals surface area contributed by atoms with Gasteiger partial charge in [-0.2, -0.15) is 0 Å². The highest BCUT2D eigenvalue weighted by molar-refractivity contribution is 5.82. The minimum absolute atomic E-state index is 0.238. The maximum Gasteiger partial charge on any atom is 0.132 e. The van der Waals surface area contributed by atoms with Crippen LogP contribution in [0.5, 0.6) is 0 Å². The Hall–Kier alpha value is -2.24. The Kier molecular flexibility index (Phi) is 4.51. The zero-order valence-corrected chi connectivity index (χ0v) is 13.9. The second kappa shape index (κ2) is 6.94. The van der Waals surface area contributed by atoms with E-state index in [1.54, 1.807) is 36.7 Å². The Morgan fingerprint density at radius 3 is 3.04 bits per heavy atom. The summed E-state index contributed by atoms with van der Waals surface area (Å²) in [7, 11) is 0. The first-order valence-corrected chi connectivity index (χ1v) is 8.70. The molecule has 0 aliphatic carbocycles. The fraction of sp³-hybridized carbons (Fsp3) is 0.350. The molecule has 1 aliphatic heterocycles. The summed E-state index contributed by atoms with van der Waals surface area (Å²) in [6, 6.07) is 10.7. The van der Waals surface area contributed by atoms with Crippen LogP contribution >= 0.6 is 0 Å². The molecule has 2 aromatic heterocycles. The van der Waals surface area contributed by atoms with Crippen LogP contribution in [0, 0.1) is 5.82 Å². The van der Waals surface area contributed by atoms with E-state index in [-0.39, 0.29) is 11.9 Å². The number of hydrogen-bond acceptors (Lipinski definition) is 4. The number of aliphatic hydroxyl groups excluding tert-OH is 1. The monoisotopic (exact) mass is 340 g/mol. The lowest BCUT2D eigenvalue weighted by Gasteiger charge is -2.26. The number of fused-ring (bicyclic) bond motifs is 1. The lowest BCUT2D eigenvalue weighted by molar-refractivity contribution is 0.0996. The maximum absolute atomic E-state index is 14.0. The summed E-state index contributed by atoms with van der Waals surface area (Å²) in [4.78, 5) is 6.73. The molecule has 25 heavy (non-hydrogen) atoms. The van der Waals surface area contributed by atoms with E-state index in [9.17, 15) is 9.50 Å². The van der Waals surface area contributed by atoms with Gasteiger partial charge in [-0.3, -0.25) is 9.88 Å². The maximum atomic E-state index is 14.0. The van der Waals surface area contributed by atoms with Crippen LogP contribution in [0.1, 0.15) is 36.7 Å². The van der Waals surface area contributed by atoms with Crippen LogP contribution in [0.2, 0.25) is 0 Å². The van der Waals surface area contributed by atoms with Crippen LogP contribution in [0.4, 0.5) is 4.39 Å². The number of halogens is 1. The second-order valence-electron chi connectivity index (χ2n) is 6.64. The van der Waals surface area contributed by atoms with Crippen molar-refractivity contribution in [3.8, 4) is 0 Å². The number of hydrogen-bond donors (Lipinski definition) is 1. The summed E-state index contributed by atoms with van der Waals surface area (Å²) < 4.78 is 19.3. The van der Waals surface area contributed by atoms with E-state index in [1.807, 2.05) is 6.07 Å². The minimum Gasteiger partial charge on any atom is -0.467 e. The first kappa shape index (κ1) is 16.2. The number of likely N-dealkylation sites (tertiary alicyclic amines) is 1. The molecule has 1 fully saturated rings. The van der Waals surface area contributed by atoms with Gasteiger partial charge in [0.25, 0.3) is 0 Å². The van der Waals surface area contributed by atoms with E-state index in [0.29, 0.717) is 24.1 Å². The Labute approximate surface area is 145 Å². The van der Waals surface area contributed by atoms with E-state index in [1.165, 1.54) is 6.07 Å². The van der Waals surface area contributed by atoms with Crippen LogP contribution in [-0.4, -0.2) is 27.6 Å². The van der Waals surface area contributed by atoms with Crippen molar-refractivity contribution in [3.63, 3.8) is 0 Å².